The molecule has 0 radical (unpaired) electrons. The average molecular weight is 154 g/mol. The molecule has 0 bridgehead atoms. The average Bonchev–Trinajstić information content (AvgIpc) is 2.01. The van der Waals surface area contributed by atoms with Gasteiger partial charge in [0.15, 0.2) is 0 Å². The first-order valence-corrected chi connectivity index (χ1v) is 3.62. The van der Waals surface area contributed by atoms with E-state index in [1.54, 1.807) is 25.8 Å². The number of nitrogens with zero attached hydrogens (tertiary/aromatic N) is 2. The molecule has 0 aliphatic rings. The fourth-order valence-electron chi connectivity index (χ4n) is 0.669. The van der Waals surface area contributed by atoms with Gasteiger partial charge in [-0.15, -0.1) is 0 Å². The first-order chi connectivity index (χ1) is 4.95. The maximum absolute atomic E-state index is 11.3. The topological polar surface area (TPSA) is 44.1 Å². The highest BCUT2D eigenvalue weighted by atomic mass is 16.2. The third-order valence-electron chi connectivity index (χ3n) is 1.64. The minimum absolute atomic E-state index is 0.123. The van der Waals surface area contributed by atoms with Gasteiger partial charge in [0.2, 0.25) is 5.91 Å². The third kappa shape index (κ3) is 2.23. The predicted octanol–water partition coefficient (Wildman–Crippen LogP) is 1.01. The maximum Gasteiger partial charge on any atom is 0.242 e. The normalized spacial score (nSPS) is 10.5. The summed E-state index contributed by atoms with van der Waals surface area (Å²) in [5, 5.41) is 8.61. The molecular formula is C8H14N2O. The summed E-state index contributed by atoms with van der Waals surface area (Å²) < 4.78 is 0. The van der Waals surface area contributed by atoms with Gasteiger partial charge in [-0.25, -0.2) is 0 Å². The van der Waals surface area contributed by atoms with Crippen molar-refractivity contribution >= 4 is 5.91 Å². The minimum Gasteiger partial charge on any atom is -0.345 e. The molecule has 0 unspecified atom stereocenters. The smallest absolute Gasteiger partial charge is 0.242 e. The van der Waals surface area contributed by atoms with Crippen LogP contribution in [0.4, 0.5) is 0 Å². The van der Waals surface area contributed by atoms with E-state index in [1.165, 1.54) is 0 Å². The summed E-state index contributed by atoms with van der Waals surface area (Å²) in [5.74, 6) is -0.123. The first-order valence-electron chi connectivity index (χ1n) is 3.62. The quantitative estimate of drug-likeness (QED) is 0.596. The standard InChI is InChI=1S/C8H14N2O/c1-5-10(4)7(11)8(2,3)6-9/h5H2,1-4H3. The Morgan fingerprint density at radius 3 is 2.36 bits per heavy atom. The van der Waals surface area contributed by atoms with E-state index in [4.69, 9.17) is 5.26 Å². The van der Waals surface area contributed by atoms with E-state index in [2.05, 4.69) is 0 Å². The van der Waals surface area contributed by atoms with Crippen molar-refractivity contribution in [1.29, 1.82) is 5.26 Å². The van der Waals surface area contributed by atoms with E-state index >= 15 is 0 Å². The summed E-state index contributed by atoms with van der Waals surface area (Å²) in [6.45, 7) is 5.78. The van der Waals surface area contributed by atoms with Crippen molar-refractivity contribution in [3.8, 4) is 6.07 Å². The van der Waals surface area contributed by atoms with Gasteiger partial charge in [-0.2, -0.15) is 5.26 Å². The zero-order valence-electron chi connectivity index (χ0n) is 7.51. The second kappa shape index (κ2) is 3.38. The van der Waals surface area contributed by atoms with E-state index in [9.17, 15) is 4.79 Å². The molecule has 1 amide bonds. The molecule has 3 nitrogen and oxygen atoms in total. The van der Waals surface area contributed by atoms with Gasteiger partial charge in [0, 0.05) is 13.6 Å². The van der Waals surface area contributed by atoms with Crippen LogP contribution in [0.3, 0.4) is 0 Å². The summed E-state index contributed by atoms with van der Waals surface area (Å²) in [5.41, 5.74) is -0.884. The van der Waals surface area contributed by atoms with Gasteiger partial charge >= 0.3 is 0 Å². The SMILES string of the molecule is CCN(C)C(=O)C(C)(C)C#N. The number of rotatable bonds is 2. The molecule has 11 heavy (non-hydrogen) atoms. The molecule has 0 atom stereocenters. The lowest BCUT2D eigenvalue weighted by Gasteiger charge is -2.22. The summed E-state index contributed by atoms with van der Waals surface area (Å²) in [7, 11) is 1.70. The molecule has 0 fully saturated rings. The third-order valence-corrected chi connectivity index (χ3v) is 1.64. The van der Waals surface area contributed by atoms with Crippen LogP contribution in [-0.4, -0.2) is 24.4 Å². The molecule has 0 aromatic rings. The van der Waals surface area contributed by atoms with Crippen LogP contribution in [-0.2, 0) is 4.79 Å². The van der Waals surface area contributed by atoms with Crippen molar-refractivity contribution in [2.24, 2.45) is 5.41 Å². The van der Waals surface area contributed by atoms with E-state index < -0.39 is 5.41 Å². The lowest BCUT2D eigenvalue weighted by Crippen LogP contribution is -2.37. The summed E-state index contributed by atoms with van der Waals surface area (Å²) in [4.78, 5) is 12.9. The number of nitriles is 1. The second-order valence-electron chi connectivity index (χ2n) is 3.06. The molecule has 0 aliphatic heterocycles. The monoisotopic (exact) mass is 154 g/mol. The van der Waals surface area contributed by atoms with Gasteiger partial charge in [0.25, 0.3) is 0 Å². The predicted molar refractivity (Wildman–Crippen MR) is 42.7 cm³/mol. The minimum atomic E-state index is -0.884. The molecule has 0 spiro atoms. The van der Waals surface area contributed by atoms with Crippen molar-refractivity contribution in [2.75, 3.05) is 13.6 Å². The summed E-state index contributed by atoms with van der Waals surface area (Å²) in [6.07, 6.45) is 0. The number of carbonyl (C=O) groups excluding carboxylic acids is 1. The zero-order chi connectivity index (χ0) is 9.07. The van der Waals surface area contributed by atoms with E-state index in [0.717, 1.165) is 0 Å². The lowest BCUT2D eigenvalue weighted by atomic mass is 9.94. The van der Waals surface area contributed by atoms with Gasteiger partial charge in [-0.1, -0.05) is 0 Å². The molecular weight excluding hydrogens is 140 g/mol. The van der Waals surface area contributed by atoms with Crippen LogP contribution in [0.15, 0.2) is 0 Å². The van der Waals surface area contributed by atoms with Crippen molar-refractivity contribution in [3.63, 3.8) is 0 Å². The Morgan fingerprint density at radius 2 is 2.09 bits per heavy atom. The van der Waals surface area contributed by atoms with E-state index in [-0.39, 0.29) is 5.91 Å². The Kier molecular flexibility index (Phi) is 3.06. The van der Waals surface area contributed by atoms with Gasteiger partial charge < -0.3 is 4.90 Å². The second-order valence-corrected chi connectivity index (χ2v) is 3.06. The number of hydrogen-bond acceptors (Lipinski definition) is 2. The Bertz CT molecular complexity index is 191. The molecule has 0 heterocycles. The van der Waals surface area contributed by atoms with Crippen LogP contribution in [0, 0.1) is 16.7 Å². The fourth-order valence-corrected chi connectivity index (χ4v) is 0.669. The van der Waals surface area contributed by atoms with Crippen LogP contribution in [0.2, 0.25) is 0 Å². The molecule has 0 saturated heterocycles. The molecule has 62 valence electrons. The van der Waals surface area contributed by atoms with Crippen molar-refractivity contribution in [1.82, 2.24) is 4.90 Å². The largest absolute Gasteiger partial charge is 0.345 e. The molecule has 0 aliphatic carbocycles. The van der Waals surface area contributed by atoms with Crippen LogP contribution < -0.4 is 0 Å². The van der Waals surface area contributed by atoms with Crippen LogP contribution in [0.1, 0.15) is 20.8 Å². The molecule has 0 aromatic heterocycles. The Hall–Kier alpha value is -1.04. The maximum atomic E-state index is 11.3. The van der Waals surface area contributed by atoms with Crippen LogP contribution >= 0.6 is 0 Å². The molecule has 0 saturated carbocycles. The van der Waals surface area contributed by atoms with Gasteiger partial charge in [-0.3, -0.25) is 4.79 Å². The molecule has 3 heteroatoms. The highest BCUT2D eigenvalue weighted by molar-refractivity contribution is 5.84. The highest BCUT2D eigenvalue weighted by Crippen LogP contribution is 2.15. The van der Waals surface area contributed by atoms with Crippen molar-refractivity contribution < 1.29 is 4.79 Å². The number of amides is 1. The highest BCUT2D eigenvalue weighted by Gasteiger charge is 2.29. The summed E-state index contributed by atoms with van der Waals surface area (Å²) >= 11 is 0. The Labute approximate surface area is 67.6 Å². The molecule has 0 aromatic carbocycles. The zero-order valence-corrected chi connectivity index (χ0v) is 7.51. The van der Waals surface area contributed by atoms with Crippen LogP contribution in [0.25, 0.3) is 0 Å². The fraction of sp³-hybridized carbons (Fsp3) is 0.750. The summed E-state index contributed by atoms with van der Waals surface area (Å²) in [6, 6.07) is 1.97. The number of carbonyl (C=O) groups is 1. The lowest BCUT2D eigenvalue weighted by molar-refractivity contribution is -0.135. The Balaban J connectivity index is 4.39. The van der Waals surface area contributed by atoms with E-state index in [0.29, 0.717) is 6.54 Å². The van der Waals surface area contributed by atoms with Crippen LogP contribution in [0.5, 0.6) is 0 Å². The van der Waals surface area contributed by atoms with Gasteiger partial charge in [-0.05, 0) is 20.8 Å². The van der Waals surface area contributed by atoms with Crippen molar-refractivity contribution in [3.05, 3.63) is 0 Å². The van der Waals surface area contributed by atoms with Gasteiger partial charge in [0.05, 0.1) is 6.07 Å². The first kappa shape index (κ1) is 9.96. The van der Waals surface area contributed by atoms with E-state index in [1.807, 2.05) is 13.0 Å². The number of hydrogen-bond donors (Lipinski definition) is 0. The molecule has 0 rings (SSSR count). The van der Waals surface area contributed by atoms with Gasteiger partial charge in [0.1, 0.15) is 5.41 Å². The Morgan fingerprint density at radius 1 is 1.64 bits per heavy atom. The van der Waals surface area contributed by atoms with Crippen molar-refractivity contribution in [2.45, 2.75) is 20.8 Å². The molecule has 0 N–H and O–H groups in total.